The van der Waals surface area contributed by atoms with Gasteiger partial charge in [0.1, 0.15) is 0 Å². The van der Waals surface area contributed by atoms with Crippen molar-refractivity contribution in [1.29, 1.82) is 0 Å². The van der Waals surface area contributed by atoms with E-state index in [9.17, 15) is 19.8 Å². The van der Waals surface area contributed by atoms with E-state index >= 15 is 0 Å². The summed E-state index contributed by atoms with van der Waals surface area (Å²) in [5, 5.41) is 18.8. The molecule has 2 N–H and O–H groups in total. The highest BCUT2D eigenvalue weighted by molar-refractivity contribution is 5.84. The standard InChI is InChI=1S/C14H16O4/c1-2-14(13(17)18)8-10-6-4-3-5-9(10)7-11(14)12(15)16/h3-6,11H,2,7-8H2,1H3,(H,15,16)(H,17,18). The monoisotopic (exact) mass is 248 g/mol. The predicted molar refractivity (Wildman–Crippen MR) is 65.3 cm³/mol. The molecule has 2 atom stereocenters. The molecule has 2 unspecified atom stereocenters. The second-order valence-corrected chi connectivity index (χ2v) is 4.86. The average Bonchev–Trinajstić information content (AvgIpc) is 2.36. The molecule has 4 nitrogen and oxygen atoms in total. The SMILES string of the molecule is CCC1(C(=O)O)Cc2ccccc2CC1C(=O)O. The topological polar surface area (TPSA) is 74.6 Å². The minimum absolute atomic E-state index is 0.297. The molecule has 96 valence electrons. The van der Waals surface area contributed by atoms with Crippen LogP contribution in [0.4, 0.5) is 0 Å². The van der Waals surface area contributed by atoms with Crippen molar-refractivity contribution in [2.45, 2.75) is 26.2 Å². The fraction of sp³-hybridized carbons (Fsp3) is 0.429. The second-order valence-electron chi connectivity index (χ2n) is 4.86. The van der Waals surface area contributed by atoms with E-state index in [0.717, 1.165) is 11.1 Å². The minimum Gasteiger partial charge on any atom is -0.481 e. The molecule has 0 fully saturated rings. The van der Waals surface area contributed by atoms with Crippen LogP contribution in [0.5, 0.6) is 0 Å². The first-order valence-corrected chi connectivity index (χ1v) is 6.04. The second kappa shape index (κ2) is 4.44. The van der Waals surface area contributed by atoms with Crippen LogP contribution in [0.15, 0.2) is 24.3 Å². The summed E-state index contributed by atoms with van der Waals surface area (Å²) in [6.07, 6.45) is 0.922. The number of hydrogen-bond donors (Lipinski definition) is 2. The molecule has 0 saturated heterocycles. The van der Waals surface area contributed by atoms with Crippen molar-refractivity contribution in [3.8, 4) is 0 Å². The van der Waals surface area contributed by atoms with E-state index in [4.69, 9.17) is 0 Å². The summed E-state index contributed by atoms with van der Waals surface area (Å²) in [5.74, 6) is -2.88. The van der Waals surface area contributed by atoms with E-state index in [1.807, 2.05) is 24.3 Å². The first-order valence-electron chi connectivity index (χ1n) is 6.04. The number of carboxylic acid groups (broad SMARTS) is 2. The Morgan fingerprint density at radius 3 is 2.39 bits per heavy atom. The van der Waals surface area contributed by atoms with E-state index in [1.165, 1.54) is 0 Å². The molecule has 1 aromatic carbocycles. The summed E-state index contributed by atoms with van der Waals surface area (Å²) < 4.78 is 0. The van der Waals surface area contributed by atoms with E-state index in [0.29, 0.717) is 19.3 Å². The van der Waals surface area contributed by atoms with Gasteiger partial charge in [-0.25, -0.2) is 0 Å². The smallest absolute Gasteiger partial charge is 0.310 e. The quantitative estimate of drug-likeness (QED) is 0.857. The van der Waals surface area contributed by atoms with E-state index in [1.54, 1.807) is 6.92 Å². The van der Waals surface area contributed by atoms with Crippen LogP contribution in [-0.4, -0.2) is 22.2 Å². The lowest BCUT2D eigenvalue weighted by Crippen LogP contribution is -2.47. The number of aliphatic carboxylic acids is 2. The maximum atomic E-state index is 11.6. The van der Waals surface area contributed by atoms with Gasteiger partial charge in [0.15, 0.2) is 0 Å². The van der Waals surface area contributed by atoms with Crippen molar-refractivity contribution in [1.82, 2.24) is 0 Å². The van der Waals surface area contributed by atoms with Crippen molar-refractivity contribution in [3.05, 3.63) is 35.4 Å². The molecule has 18 heavy (non-hydrogen) atoms. The number of hydrogen-bond acceptors (Lipinski definition) is 2. The van der Waals surface area contributed by atoms with Gasteiger partial charge in [-0.15, -0.1) is 0 Å². The lowest BCUT2D eigenvalue weighted by Gasteiger charge is -2.38. The van der Waals surface area contributed by atoms with Gasteiger partial charge < -0.3 is 10.2 Å². The van der Waals surface area contributed by atoms with Crippen molar-refractivity contribution >= 4 is 11.9 Å². The Kier molecular flexibility index (Phi) is 3.11. The highest BCUT2D eigenvalue weighted by Crippen LogP contribution is 2.43. The van der Waals surface area contributed by atoms with Gasteiger partial charge in [0.05, 0.1) is 11.3 Å². The lowest BCUT2D eigenvalue weighted by atomic mass is 9.63. The van der Waals surface area contributed by atoms with E-state index < -0.39 is 23.3 Å². The fourth-order valence-corrected chi connectivity index (χ4v) is 2.88. The third kappa shape index (κ3) is 1.78. The first kappa shape index (κ1) is 12.6. The largest absolute Gasteiger partial charge is 0.481 e. The normalized spacial score (nSPS) is 26.4. The molecule has 1 aliphatic rings. The van der Waals surface area contributed by atoms with Gasteiger partial charge >= 0.3 is 11.9 Å². The van der Waals surface area contributed by atoms with Crippen LogP contribution in [0.25, 0.3) is 0 Å². The van der Waals surface area contributed by atoms with Gasteiger partial charge in [0, 0.05) is 0 Å². The Labute approximate surface area is 105 Å². The summed E-state index contributed by atoms with van der Waals surface area (Å²) in [6, 6.07) is 7.49. The highest BCUT2D eigenvalue weighted by Gasteiger charge is 2.50. The molecule has 1 aromatic rings. The summed E-state index contributed by atoms with van der Waals surface area (Å²) in [6.45, 7) is 1.75. The van der Waals surface area contributed by atoms with Crippen molar-refractivity contribution in [2.75, 3.05) is 0 Å². The predicted octanol–water partition coefficient (Wildman–Crippen LogP) is 1.97. The van der Waals surface area contributed by atoms with E-state index in [2.05, 4.69) is 0 Å². The van der Waals surface area contributed by atoms with Crippen LogP contribution in [0, 0.1) is 11.3 Å². The Morgan fingerprint density at radius 2 is 1.89 bits per heavy atom. The van der Waals surface area contributed by atoms with E-state index in [-0.39, 0.29) is 0 Å². The molecule has 2 rings (SSSR count). The van der Waals surface area contributed by atoms with Crippen LogP contribution < -0.4 is 0 Å². The average molecular weight is 248 g/mol. The van der Waals surface area contributed by atoms with Gasteiger partial charge in [-0.1, -0.05) is 31.2 Å². The van der Waals surface area contributed by atoms with Crippen LogP contribution in [0.1, 0.15) is 24.5 Å². The molecule has 4 heteroatoms. The molecule has 0 aromatic heterocycles. The van der Waals surface area contributed by atoms with Gasteiger partial charge in [-0.3, -0.25) is 9.59 Å². The van der Waals surface area contributed by atoms with Gasteiger partial charge in [0.25, 0.3) is 0 Å². The Hall–Kier alpha value is -1.84. The van der Waals surface area contributed by atoms with Crippen LogP contribution in [0.3, 0.4) is 0 Å². The maximum Gasteiger partial charge on any atom is 0.310 e. The maximum absolute atomic E-state index is 11.6. The number of benzene rings is 1. The molecular weight excluding hydrogens is 232 g/mol. The van der Waals surface area contributed by atoms with Crippen molar-refractivity contribution in [2.24, 2.45) is 11.3 Å². The number of rotatable bonds is 3. The first-order chi connectivity index (χ1) is 8.51. The Balaban J connectivity index is 2.52. The molecular formula is C14H16O4. The minimum atomic E-state index is -1.18. The van der Waals surface area contributed by atoms with Crippen molar-refractivity contribution < 1.29 is 19.8 Å². The molecule has 0 amide bonds. The third-order valence-corrected chi connectivity index (χ3v) is 4.07. The summed E-state index contributed by atoms with van der Waals surface area (Å²) in [4.78, 5) is 22.9. The van der Waals surface area contributed by atoms with Gasteiger partial charge in [0.2, 0.25) is 0 Å². The molecule has 0 bridgehead atoms. The zero-order valence-electron chi connectivity index (χ0n) is 10.2. The summed E-state index contributed by atoms with van der Waals surface area (Å²) >= 11 is 0. The Morgan fingerprint density at radius 1 is 1.28 bits per heavy atom. The zero-order valence-corrected chi connectivity index (χ0v) is 10.2. The van der Waals surface area contributed by atoms with Crippen LogP contribution >= 0.6 is 0 Å². The highest BCUT2D eigenvalue weighted by atomic mass is 16.4. The summed E-state index contributed by atoms with van der Waals surface area (Å²) in [7, 11) is 0. The molecule has 0 aliphatic heterocycles. The number of carbonyl (C=O) groups is 2. The Bertz CT molecular complexity index is 494. The number of carboxylic acids is 2. The van der Waals surface area contributed by atoms with Crippen molar-refractivity contribution in [3.63, 3.8) is 0 Å². The molecule has 0 spiro atoms. The fourth-order valence-electron chi connectivity index (χ4n) is 2.88. The molecule has 1 aliphatic carbocycles. The number of fused-ring (bicyclic) bond motifs is 1. The molecule has 0 saturated carbocycles. The van der Waals surface area contributed by atoms with Gasteiger partial charge in [-0.2, -0.15) is 0 Å². The molecule has 0 heterocycles. The van der Waals surface area contributed by atoms with Crippen LogP contribution in [-0.2, 0) is 22.4 Å². The summed E-state index contributed by atoms with van der Waals surface area (Å²) in [5.41, 5.74) is 0.731. The molecule has 0 radical (unpaired) electrons. The third-order valence-electron chi connectivity index (χ3n) is 4.07. The van der Waals surface area contributed by atoms with Crippen LogP contribution in [0.2, 0.25) is 0 Å². The van der Waals surface area contributed by atoms with Gasteiger partial charge in [-0.05, 0) is 30.4 Å². The zero-order chi connectivity index (χ0) is 13.3. The lowest BCUT2D eigenvalue weighted by molar-refractivity contribution is -0.163.